The van der Waals surface area contributed by atoms with E-state index in [1.54, 1.807) is 13.0 Å². The Bertz CT molecular complexity index is 580. The molecule has 0 saturated heterocycles. The third-order valence-electron chi connectivity index (χ3n) is 2.97. The fraction of sp³-hybridized carbons (Fsp3) is 0.500. The largest absolute Gasteiger partial charge is 0.399 e. The van der Waals surface area contributed by atoms with Gasteiger partial charge in [-0.1, -0.05) is 13.8 Å². The van der Waals surface area contributed by atoms with E-state index in [1.807, 2.05) is 13.8 Å². The van der Waals surface area contributed by atoms with Gasteiger partial charge in [-0.25, -0.2) is 8.42 Å². The number of amides is 1. The van der Waals surface area contributed by atoms with E-state index < -0.39 is 21.5 Å². The Hall–Kier alpha value is -1.56. The summed E-state index contributed by atoms with van der Waals surface area (Å²) in [6.45, 7) is 6.31. The summed E-state index contributed by atoms with van der Waals surface area (Å²) >= 11 is 0. The molecule has 0 aliphatic carbocycles. The van der Waals surface area contributed by atoms with Crippen molar-refractivity contribution in [1.29, 1.82) is 0 Å². The summed E-state index contributed by atoms with van der Waals surface area (Å²) in [6.07, 6.45) is 0.826. The number of sulfone groups is 1. The van der Waals surface area contributed by atoms with Crippen LogP contribution >= 0.6 is 0 Å². The second-order valence-corrected chi connectivity index (χ2v) is 7.30. The summed E-state index contributed by atoms with van der Waals surface area (Å²) in [5, 5.41) is 2.62. The Labute approximate surface area is 120 Å². The van der Waals surface area contributed by atoms with E-state index in [0.29, 0.717) is 23.7 Å². The van der Waals surface area contributed by atoms with Gasteiger partial charge in [-0.3, -0.25) is 4.79 Å². The molecule has 0 fully saturated rings. The molecule has 0 aliphatic rings. The average molecular weight is 298 g/mol. The van der Waals surface area contributed by atoms with Crippen LogP contribution in [-0.4, -0.2) is 26.6 Å². The number of rotatable bonds is 6. The molecule has 0 unspecified atom stereocenters. The number of nitrogens with two attached hydrogens (primary N) is 1. The average Bonchev–Trinajstić information content (AvgIpc) is 2.31. The number of nitrogen functional groups attached to an aromatic ring is 1. The Morgan fingerprint density at radius 2 is 2.00 bits per heavy atom. The first kappa shape index (κ1) is 16.5. The summed E-state index contributed by atoms with van der Waals surface area (Å²) < 4.78 is 24.2. The molecule has 6 heteroatoms. The zero-order chi connectivity index (χ0) is 15.3. The molecule has 0 aromatic heterocycles. The summed E-state index contributed by atoms with van der Waals surface area (Å²) in [5.74, 6) is -0.541. The van der Waals surface area contributed by atoms with Crippen LogP contribution in [0.25, 0.3) is 0 Å². The maximum atomic E-state index is 12.1. The molecule has 112 valence electrons. The monoisotopic (exact) mass is 298 g/mol. The maximum absolute atomic E-state index is 12.1. The summed E-state index contributed by atoms with van der Waals surface area (Å²) in [6, 6.07) is 4.46. The van der Waals surface area contributed by atoms with Crippen LogP contribution in [0, 0.1) is 12.8 Å². The van der Waals surface area contributed by atoms with E-state index >= 15 is 0 Å². The number of anilines is 1. The van der Waals surface area contributed by atoms with Crippen molar-refractivity contribution in [1.82, 2.24) is 5.32 Å². The van der Waals surface area contributed by atoms with Gasteiger partial charge in [-0.2, -0.15) is 0 Å². The Balaban J connectivity index is 2.69. The minimum atomic E-state index is -3.62. The van der Waals surface area contributed by atoms with Gasteiger partial charge >= 0.3 is 0 Å². The van der Waals surface area contributed by atoms with Crippen molar-refractivity contribution in [2.24, 2.45) is 5.92 Å². The van der Waals surface area contributed by atoms with Gasteiger partial charge in [0.15, 0.2) is 9.84 Å². The minimum Gasteiger partial charge on any atom is -0.399 e. The van der Waals surface area contributed by atoms with Crippen molar-refractivity contribution in [2.45, 2.75) is 32.1 Å². The second-order valence-electron chi connectivity index (χ2n) is 5.31. The second kappa shape index (κ2) is 6.74. The smallest absolute Gasteiger partial charge is 0.235 e. The van der Waals surface area contributed by atoms with Crippen LogP contribution in [0.4, 0.5) is 5.69 Å². The molecule has 0 spiro atoms. The molecule has 0 bridgehead atoms. The van der Waals surface area contributed by atoms with E-state index in [1.165, 1.54) is 12.1 Å². The molecular weight excluding hydrogens is 276 g/mol. The fourth-order valence-electron chi connectivity index (χ4n) is 1.65. The molecule has 1 aromatic carbocycles. The quantitative estimate of drug-likeness (QED) is 0.779. The molecule has 0 aliphatic heterocycles. The highest BCUT2D eigenvalue weighted by molar-refractivity contribution is 7.92. The van der Waals surface area contributed by atoms with E-state index in [-0.39, 0.29) is 4.90 Å². The molecule has 0 atom stereocenters. The molecule has 0 radical (unpaired) electrons. The standard InChI is InChI=1S/C14H22N2O3S/c1-10(2)6-7-16-14(17)9-20(18,19)12-4-5-13(15)11(3)8-12/h4-5,8,10H,6-7,9,15H2,1-3H3,(H,16,17). The van der Waals surface area contributed by atoms with Crippen LogP contribution < -0.4 is 11.1 Å². The topological polar surface area (TPSA) is 89.3 Å². The van der Waals surface area contributed by atoms with Gasteiger partial charge in [-0.05, 0) is 43.0 Å². The highest BCUT2D eigenvalue weighted by Gasteiger charge is 2.19. The first-order chi connectivity index (χ1) is 9.22. The first-order valence-electron chi connectivity index (χ1n) is 6.58. The minimum absolute atomic E-state index is 0.128. The van der Waals surface area contributed by atoms with Gasteiger partial charge in [0.1, 0.15) is 5.75 Å². The lowest BCUT2D eigenvalue weighted by Crippen LogP contribution is -2.31. The highest BCUT2D eigenvalue weighted by atomic mass is 32.2. The number of aryl methyl sites for hydroxylation is 1. The molecule has 1 aromatic rings. The van der Waals surface area contributed by atoms with Crippen molar-refractivity contribution in [3.8, 4) is 0 Å². The Kier molecular flexibility index (Phi) is 5.56. The predicted molar refractivity (Wildman–Crippen MR) is 80.1 cm³/mol. The number of benzene rings is 1. The van der Waals surface area contributed by atoms with Crippen LogP contribution in [0.5, 0.6) is 0 Å². The van der Waals surface area contributed by atoms with Gasteiger partial charge < -0.3 is 11.1 Å². The van der Waals surface area contributed by atoms with E-state index in [0.717, 1.165) is 6.42 Å². The lowest BCUT2D eigenvalue weighted by atomic mass is 10.1. The van der Waals surface area contributed by atoms with Gasteiger partial charge in [0.25, 0.3) is 0 Å². The number of carbonyl (C=O) groups excluding carboxylic acids is 1. The van der Waals surface area contributed by atoms with Crippen molar-refractivity contribution in [2.75, 3.05) is 18.0 Å². The lowest BCUT2D eigenvalue weighted by molar-refractivity contribution is -0.118. The summed E-state index contributed by atoms with van der Waals surface area (Å²) in [7, 11) is -3.62. The lowest BCUT2D eigenvalue weighted by Gasteiger charge is -2.09. The predicted octanol–water partition coefficient (Wildman–Crippen LogP) is 1.51. The SMILES string of the molecule is Cc1cc(S(=O)(=O)CC(=O)NCCC(C)C)ccc1N. The molecule has 20 heavy (non-hydrogen) atoms. The Morgan fingerprint density at radius 1 is 1.35 bits per heavy atom. The zero-order valence-electron chi connectivity index (χ0n) is 12.1. The van der Waals surface area contributed by atoms with Gasteiger partial charge in [0, 0.05) is 12.2 Å². The van der Waals surface area contributed by atoms with Crippen molar-refractivity contribution in [3.63, 3.8) is 0 Å². The van der Waals surface area contributed by atoms with Crippen LogP contribution in [0.15, 0.2) is 23.1 Å². The van der Waals surface area contributed by atoms with Crippen LogP contribution in [0.1, 0.15) is 25.8 Å². The fourth-order valence-corrected chi connectivity index (χ4v) is 2.89. The van der Waals surface area contributed by atoms with Crippen molar-refractivity contribution >= 4 is 21.4 Å². The third kappa shape index (κ3) is 4.85. The summed E-state index contributed by atoms with van der Waals surface area (Å²) in [5.41, 5.74) is 6.87. The van der Waals surface area contributed by atoms with Gasteiger partial charge in [0.2, 0.25) is 5.91 Å². The number of nitrogens with one attached hydrogen (secondary N) is 1. The highest BCUT2D eigenvalue weighted by Crippen LogP contribution is 2.17. The van der Waals surface area contributed by atoms with E-state index in [9.17, 15) is 13.2 Å². The molecule has 3 N–H and O–H groups in total. The normalized spacial score (nSPS) is 11.6. The molecule has 0 heterocycles. The first-order valence-corrected chi connectivity index (χ1v) is 8.23. The maximum Gasteiger partial charge on any atom is 0.235 e. The Morgan fingerprint density at radius 3 is 2.55 bits per heavy atom. The summed E-state index contributed by atoms with van der Waals surface area (Å²) in [4.78, 5) is 11.8. The van der Waals surface area contributed by atoms with Crippen LogP contribution in [-0.2, 0) is 14.6 Å². The third-order valence-corrected chi connectivity index (χ3v) is 4.58. The van der Waals surface area contributed by atoms with Crippen molar-refractivity contribution in [3.05, 3.63) is 23.8 Å². The van der Waals surface area contributed by atoms with Gasteiger partial charge in [-0.15, -0.1) is 0 Å². The zero-order valence-corrected chi connectivity index (χ0v) is 13.0. The number of hydrogen-bond acceptors (Lipinski definition) is 4. The van der Waals surface area contributed by atoms with Crippen LogP contribution in [0.3, 0.4) is 0 Å². The molecular formula is C14H22N2O3S. The van der Waals surface area contributed by atoms with E-state index in [4.69, 9.17) is 5.73 Å². The molecule has 1 rings (SSSR count). The molecule has 0 saturated carbocycles. The number of hydrogen-bond donors (Lipinski definition) is 2. The van der Waals surface area contributed by atoms with Gasteiger partial charge in [0.05, 0.1) is 4.90 Å². The van der Waals surface area contributed by atoms with Crippen LogP contribution in [0.2, 0.25) is 0 Å². The molecule has 1 amide bonds. The van der Waals surface area contributed by atoms with Crippen molar-refractivity contribution < 1.29 is 13.2 Å². The molecule has 5 nitrogen and oxygen atoms in total. The van der Waals surface area contributed by atoms with E-state index in [2.05, 4.69) is 5.32 Å². The number of carbonyl (C=O) groups is 1.